The van der Waals surface area contributed by atoms with E-state index in [0.29, 0.717) is 0 Å². The second-order valence-electron chi connectivity index (χ2n) is 7.39. The molecule has 0 aromatic heterocycles. The predicted octanol–water partition coefficient (Wildman–Crippen LogP) is 4.77. The fourth-order valence-electron chi connectivity index (χ4n) is 4.03. The lowest BCUT2D eigenvalue weighted by atomic mass is 9.68. The van der Waals surface area contributed by atoms with Gasteiger partial charge in [0.15, 0.2) is 12.0 Å². The molecule has 2 aromatic rings. The Morgan fingerprint density at radius 2 is 1.88 bits per heavy atom. The Kier molecular flexibility index (Phi) is 6.68. The van der Waals surface area contributed by atoms with Crippen LogP contribution in [0.25, 0.3) is 0 Å². The molecule has 0 saturated heterocycles. The molecule has 1 aliphatic carbocycles. The zero-order valence-electron chi connectivity index (χ0n) is 17.1. The highest BCUT2D eigenvalue weighted by atomic mass is 35.5. The van der Waals surface area contributed by atoms with E-state index in [2.05, 4.69) is 0 Å². The van der Waals surface area contributed by atoms with Gasteiger partial charge in [0.05, 0.1) is 15.9 Å². The Hall–Kier alpha value is -2.82. The topological polar surface area (TPSA) is 108 Å². The molecule has 1 aliphatic rings. The van der Waals surface area contributed by atoms with E-state index in [0.717, 1.165) is 18.2 Å². The van der Waals surface area contributed by atoms with Gasteiger partial charge in [0.1, 0.15) is 6.61 Å². The molecular formula is C21H20ClF2NO7. The van der Waals surface area contributed by atoms with Crippen LogP contribution in [0.1, 0.15) is 34.3 Å². The number of carboxylic acids is 1. The lowest BCUT2D eigenvalue weighted by molar-refractivity contribution is -0.386. The molecule has 172 valence electrons. The molecule has 0 saturated carbocycles. The maximum absolute atomic E-state index is 14.7. The molecule has 1 atom stereocenters. The van der Waals surface area contributed by atoms with Gasteiger partial charge in [0.2, 0.25) is 0 Å². The number of aromatic carboxylic acids is 1. The van der Waals surface area contributed by atoms with Crippen molar-refractivity contribution in [1.29, 1.82) is 0 Å². The van der Waals surface area contributed by atoms with Crippen LogP contribution in [-0.2, 0) is 20.8 Å². The van der Waals surface area contributed by atoms with E-state index in [1.165, 1.54) is 32.4 Å². The van der Waals surface area contributed by atoms with Gasteiger partial charge in [0.25, 0.3) is 5.92 Å². The average Bonchev–Trinajstić information content (AvgIpc) is 2.75. The summed E-state index contributed by atoms with van der Waals surface area (Å²) in [5.74, 6) is -4.70. The smallest absolute Gasteiger partial charge is 0.335 e. The number of benzene rings is 2. The normalized spacial score (nSPS) is 19.4. The maximum atomic E-state index is 14.7. The lowest BCUT2D eigenvalue weighted by Gasteiger charge is -2.44. The molecule has 3 rings (SSSR count). The lowest BCUT2D eigenvalue weighted by Crippen LogP contribution is -2.51. The van der Waals surface area contributed by atoms with Gasteiger partial charge < -0.3 is 19.3 Å². The number of nitro groups is 1. The van der Waals surface area contributed by atoms with Gasteiger partial charge in [0, 0.05) is 37.3 Å². The van der Waals surface area contributed by atoms with Crippen molar-refractivity contribution < 1.29 is 37.8 Å². The summed E-state index contributed by atoms with van der Waals surface area (Å²) in [6.45, 7) is -0.308. The largest absolute Gasteiger partial charge is 0.486 e. The van der Waals surface area contributed by atoms with Crippen LogP contribution >= 0.6 is 11.6 Å². The summed E-state index contributed by atoms with van der Waals surface area (Å²) in [5, 5.41) is 20.7. The van der Waals surface area contributed by atoms with Gasteiger partial charge >= 0.3 is 11.7 Å². The molecule has 0 bridgehead atoms. The molecule has 0 fully saturated rings. The minimum atomic E-state index is -3.15. The third-order valence-electron chi connectivity index (χ3n) is 5.56. The zero-order valence-corrected chi connectivity index (χ0v) is 17.9. The van der Waals surface area contributed by atoms with E-state index < -0.39 is 40.6 Å². The quantitative estimate of drug-likeness (QED) is 0.335. The van der Waals surface area contributed by atoms with Crippen molar-refractivity contribution in [1.82, 2.24) is 0 Å². The number of carboxylic acid groups (broad SMARTS) is 1. The molecule has 1 N–H and O–H groups in total. The van der Waals surface area contributed by atoms with Crippen LogP contribution in [0, 0.1) is 10.1 Å². The number of fused-ring (bicyclic) bond motifs is 1. The third-order valence-corrected chi connectivity index (χ3v) is 5.80. The van der Waals surface area contributed by atoms with Gasteiger partial charge in [-0.3, -0.25) is 10.1 Å². The zero-order chi connectivity index (χ0) is 23.7. The summed E-state index contributed by atoms with van der Waals surface area (Å²) in [7, 11) is 2.70. The van der Waals surface area contributed by atoms with E-state index in [1.54, 1.807) is 0 Å². The van der Waals surface area contributed by atoms with Crippen molar-refractivity contribution in [3.05, 3.63) is 68.2 Å². The molecule has 1 unspecified atom stereocenters. The molecule has 0 heterocycles. The number of nitro benzene ring substituents is 1. The first-order valence-corrected chi connectivity index (χ1v) is 9.82. The van der Waals surface area contributed by atoms with E-state index >= 15 is 0 Å². The summed E-state index contributed by atoms with van der Waals surface area (Å²) >= 11 is 5.96. The van der Waals surface area contributed by atoms with Crippen LogP contribution in [0.2, 0.25) is 5.02 Å². The Balaban J connectivity index is 2.08. The Bertz CT molecular complexity index is 1040. The van der Waals surface area contributed by atoms with E-state index in [4.69, 9.17) is 30.9 Å². The number of ether oxygens (including phenoxy) is 3. The van der Waals surface area contributed by atoms with Crippen molar-refractivity contribution in [3.8, 4) is 5.75 Å². The van der Waals surface area contributed by atoms with E-state index in [1.807, 2.05) is 0 Å². The number of methoxy groups -OCH3 is 2. The second kappa shape index (κ2) is 8.97. The van der Waals surface area contributed by atoms with Crippen molar-refractivity contribution in [2.24, 2.45) is 0 Å². The first kappa shape index (κ1) is 23.8. The van der Waals surface area contributed by atoms with Crippen LogP contribution in [0.5, 0.6) is 5.75 Å². The minimum Gasteiger partial charge on any atom is -0.486 e. The molecule has 2 aromatic carbocycles. The Morgan fingerprint density at radius 1 is 1.19 bits per heavy atom. The van der Waals surface area contributed by atoms with E-state index in [9.17, 15) is 23.7 Å². The fourth-order valence-corrected chi connectivity index (χ4v) is 4.21. The molecule has 11 heteroatoms. The standard InChI is InChI=1S/C21H20ClF2NO7/c1-30-19(31-2)20(7-8-21(23,24)15-10-13(22)4-5-14(15)20)11-32-17-6-3-12(18(26)27)9-16(17)25(28)29/h3-6,9-10,19H,7-8,11H2,1-2H3,(H,26,27). The number of rotatable bonds is 8. The second-order valence-corrected chi connectivity index (χ2v) is 7.82. The molecule has 0 aliphatic heterocycles. The molecule has 0 radical (unpaired) electrons. The first-order valence-electron chi connectivity index (χ1n) is 9.44. The van der Waals surface area contributed by atoms with Gasteiger partial charge in [-0.15, -0.1) is 0 Å². The van der Waals surface area contributed by atoms with Gasteiger partial charge in [-0.25, -0.2) is 13.6 Å². The number of alkyl halides is 2. The van der Waals surface area contributed by atoms with Crippen LogP contribution < -0.4 is 4.74 Å². The van der Waals surface area contributed by atoms with E-state index in [-0.39, 0.29) is 40.5 Å². The summed E-state index contributed by atoms with van der Waals surface area (Å²) in [5.41, 5.74) is -2.21. The Labute approximate surface area is 186 Å². The van der Waals surface area contributed by atoms with Crippen molar-refractivity contribution in [3.63, 3.8) is 0 Å². The van der Waals surface area contributed by atoms with Crippen LogP contribution in [0.4, 0.5) is 14.5 Å². The minimum absolute atomic E-state index is 0.109. The highest BCUT2D eigenvalue weighted by molar-refractivity contribution is 6.30. The number of halogens is 3. The van der Waals surface area contributed by atoms with Gasteiger partial charge in [-0.1, -0.05) is 17.7 Å². The molecular weight excluding hydrogens is 452 g/mol. The molecule has 8 nitrogen and oxygen atoms in total. The fraction of sp³-hybridized carbons (Fsp3) is 0.381. The highest BCUT2D eigenvalue weighted by Crippen LogP contribution is 2.51. The summed E-state index contributed by atoms with van der Waals surface area (Å²) < 4.78 is 46.0. The van der Waals surface area contributed by atoms with Crippen molar-refractivity contribution in [2.45, 2.75) is 30.5 Å². The van der Waals surface area contributed by atoms with Gasteiger partial charge in [-0.2, -0.15) is 0 Å². The molecule has 0 spiro atoms. The Morgan fingerprint density at radius 3 is 2.47 bits per heavy atom. The SMILES string of the molecule is COC(OC)C1(COc2ccc(C(=O)O)cc2[N+](=O)[O-])CCC(F)(F)c2cc(Cl)ccc21. The summed E-state index contributed by atoms with van der Waals surface area (Å²) in [4.78, 5) is 21.8. The average molecular weight is 472 g/mol. The molecule has 32 heavy (non-hydrogen) atoms. The first-order chi connectivity index (χ1) is 15.1. The maximum Gasteiger partial charge on any atom is 0.335 e. The molecule has 0 amide bonds. The number of hydrogen-bond donors (Lipinski definition) is 1. The summed E-state index contributed by atoms with van der Waals surface area (Å²) in [6.07, 6.45) is -1.68. The number of carbonyl (C=O) groups is 1. The van der Waals surface area contributed by atoms with Crippen LogP contribution in [0.15, 0.2) is 36.4 Å². The predicted molar refractivity (Wildman–Crippen MR) is 110 cm³/mol. The monoisotopic (exact) mass is 471 g/mol. The number of nitrogens with zero attached hydrogens (tertiary/aromatic N) is 1. The van der Waals surface area contributed by atoms with Crippen molar-refractivity contribution in [2.75, 3.05) is 20.8 Å². The van der Waals surface area contributed by atoms with Crippen molar-refractivity contribution >= 4 is 23.3 Å². The summed E-state index contributed by atoms with van der Waals surface area (Å²) in [6, 6.07) is 7.27. The van der Waals surface area contributed by atoms with Crippen LogP contribution in [0.3, 0.4) is 0 Å². The van der Waals surface area contributed by atoms with Gasteiger partial charge in [-0.05, 0) is 36.2 Å². The third kappa shape index (κ3) is 4.25. The number of hydrogen-bond acceptors (Lipinski definition) is 6. The highest BCUT2D eigenvalue weighted by Gasteiger charge is 2.53. The van der Waals surface area contributed by atoms with Crippen LogP contribution in [-0.4, -0.2) is 43.1 Å².